The molecule has 0 saturated carbocycles. The predicted octanol–water partition coefficient (Wildman–Crippen LogP) is 1.79. The molecule has 0 radical (unpaired) electrons. The van der Waals surface area contributed by atoms with Crippen LogP contribution in [0, 0.1) is 0 Å². The molecule has 2 heterocycles. The number of aromatic nitrogens is 1. The summed E-state index contributed by atoms with van der Waals surface area (Å²) >= 11 is 0. The third-order valence-corrected chi connectivity index (χ3v) is 3.47. The number of hydrogen-bond acceptors (Lipinski definition) is 4. The Bertz CT molecular complexity index is 432. The summed E-state index contributed by atoms with van der Waals surface area (Å²) in [6.07, 6.45) is 3.48. The lowest BCUT2D eigenvalue weighted by Crippen LogP contribution is -2.47. The van der Waals surface area contributed by atoms with E-state index in [2.05, 4.69) is 16.8 Å². The smallest absolute Gasteiger partial charge is 0.337 e. The van der Waals surface area contributed by atoms with Crippen LogP contribution in [0.4, 0.5) is 5.82 Å². The number of carboxylic acid groups (broad SMARTS) is 1. The van der Waals surface area contributed by atoms with Gasteiger partial charge in [0.25, 0.3) is 0 Å². The van der Waals surface area contributed by atoms with Gasteiger partial charge in [0.05, 0.1) is 11.2 Å². The summed E-state index contributed by atoms with van der Waals surface area (Å²) in [5.41, 5.74) is 0.0658. The fraction of sp³-hybridized carbons (Fsp3) is 0.538. The van der Waals surface area contributed by atoms with Gasteiger partial charge in [-0.2, -0.15) is 0 Å². The van der Waals surface area contributed by atoms with Gasteiger partial charge in [0.2, 0.25) is 0 Å². The van der Waals surface area contributed by atoms with Crippen LogP contribution in [0.1, 0.15) is 30.1 Å². The first-order valence-electron chi connectivity index (χ1n) is 6.03. The highest BCUT2D eigenvalue weighted by Gasteiger charge is 2.31. The van der Waals surface area contributed by atoms with Crippen LogP contribution in [0.2, 0.25) is 0 Å². The van der Waals surface area contributed by atoms with Crippen molar-refractivity contribution in [3.8, 4) is 0 Å². The number of hydrogen-bond donors (Lipinski definition) is 1. The Morgan fingerprint density at radius 2 is 2.33 bits per heavy atom. The maximum absolute atomic E-state index is 10.8. The van der Waals surface area contributed by atoms with Gasteiger partial charge in [0.1, 0.15) is 5.82 Å². The van der Waals surface area contributed by atoms with E-state index in [-0.39, 0.29) is 11.2 Å². The molecule has 1 aliphatic heterocycles. The van der Waals surface area contributed by atoms with Crippen LogP contribution in [-0.4, -0.2) is 41.9 Å². The topological polar surface area (TPSA) is 62.7 Å². The minimum atomic E-state index is -0.950. The second-order valence-electron chi connectivity index (χ2n) is 4.89. The molecule has 1 saturated heterocycles. The lowest BCUT2D eigenvalue weighted by molar-refractivity contribution is -0.00482. The molecule has 5 nitrogen and oxygen atoms in total. The standard InChI is InChI=1S/C13H18N2O3/c1-13(18-2)6-3-7-15(9-13)11-5-4-10(8-14-11)12(16)17/h4-5,8H,3,6-7,9H2,1-2H3,(H,16,17). The Morgan fingerprint density at radius 1 is 1.56 bits per heavy atom. The summed E-state index contributed by atoms with van der Waals surface area (Å²) in [4.78, 5) is 17.1. The number of piperidine rings is 1. The quantitative estimate of drug-likeness (QED) is 0.886. The molecular formula is C13H18N2O3. The highest BCUT2D eigenvalue weighted by Crippen LogP contribution is 2.26. The zero-order valence-electron chi connectivity index (χ0n) is 10.7. The van der Waals surface area contributed by atoms with Crippen molar-refractivity contribution in [3.05, 3.63) is 23.9 Å². The van der Waals surface area contributed by atoms with Gasteiger partial charge in [-0.25, -0.2) is 9.78 Å². The van der Waals surface area contributed by atoms with Crippen LogP contribution < -0.4 is 4.90 Å². The molecule has 0 aromatic carbocycles. The average Bonchev–Trinajstić information content (AvgIpc) is 2.39. The van der Waals surface area contributed by atoms with E-state index in [4.69, 9.17) is 9.84 Å². The SMILES string of the molecule is COC1(C)CCCN(c2ccc(C(=O)O)cn2)C1. The molecule has 0 aliphatic carbocycles. The molecule has 0 amide bonds. The second-order valence-corrected chi connectivity index (χ2v) is 4.89. The van der Waals surface area contributed by atoms with Crippen LogP contribution >= 0.6 is 0 Å². The fourth-order valence-corrected chi connectivity index (χ4v) is 2.27. The normalized spacial score (nSPS) is 24.0. The Kier molecular flexibility index (Phi) is 3.52. The van der Waals surface area contributed by atoms with E-state index >= 15 is 0 Å². The molecule has 1 atom stereocenters. The Hall–Kier alpha value is -1.62. The third-order valence-electron chi connectivity index (χ3n) is 3.47. The number of nitrogens with zero attached hydrogens (tertiary/aromatic N) is 2. The molecule has 1 aromatic rings. The van der Waals surface area contributed by atoms with Crippen LogP contribution in [0.15, 0.2) is 18.3 Å². The van der Waals surface area contributed by atoms with Gasteiger partial charge in [0, 0.05) is 26.4 Å². The van der Waals surface area contributed by atoms with E-state index in [1.807, 2.05) is 0 Å². The van der Waals surface area contributed by atoms with E-state index < -0.39 is 5.97 Å². The molecule has 1 N–H and O–H groups in total. The summed E-state index contributed by atoms with van der Waals surface area (Å²) in [5, 5.41) is 8.83. The van der Waals surface area contributed by atoms with Crippen molar-refractivity contribution in [1.82, 2.24) is 4.98 Å². The Labute approximate surface area is 106 Å². The molecule has 1 unspecified atom stereocenters. The average molecular weight is 250 g/mol. The van der Waals surface area contributed by atoms with Gasteiger partial charge >= 0.3 is 5.97 Å². The molecule has 1 aliphatic rings. The summed E-state index contributed by atoms with van der Waals surface area (Å²) in [5.74, 6) is -0.141. The van der Waals surface area contributed by atoms with Gasteiger partial charge in [-0.1, -0.05) is 0 Å². The molecule has 2 rings (SSSR count). The number of carboxylic acids is 1. The van der Waals surface area contributed by atoms with Gasteiger partial charge < -0.3 is 14.7 Å². The number of methoxy groups -OCH3 is 1. The Morgan fingerprint density at radius 3 is 2.89 bits per heavy atom. The van der Waals surface area contributed by atoms with E-state index in [0.29, 0.717) is 0 Å². The zero-order valence-corrected chi connectivity index (χ0v) is 10.7. The molecular weight excluding hydrogens is 232 g/mol. The highest BCUT2D eigenvalue weighted by atomic mass is 16.5. The van der Waals surface area contributed by atoms with Crippen molar-refractivity contribution in [3.63, 3.8) is 0 Å². The third kappa shape index (κ3) is 2.61. The summed E-state index contributed by atoms with van der Waals surface area (Å²) in [6.45, 7) is 3.80. The maximum Gasteiger partial charge on any atom is 0.337 e. The number of carbonyl (C=O) groups is 1. The number of ether oxygens (including phenoxy) is 1. The molecule has 0 spiro atoms. The lowest BCUT2D eigenvalue weighted by atomic mass is 9.95. The van der Waals surface area contributed by atoms with E-state index in [1.165, 1.54) is 6.20 Å². The van der Waals surface area contributed by atoms with Crippen molar-refractivity contribution in [1.29, 1.82) is 0 Å². The number of anilines is 1. The minimum absolute atomic E-state index is 0.147. The van der Waals surface area contributed by atoms with Crippen molar-refractivity contribution >= 4 is 11.8 Å². The lowest BCUT2D eigenvalue weighted by Gasteiger charge is -2.40. The predicted molar refractivity (Wildman–Crippen MR) is 68.1 cm³/mol. The van der Waals surface area contributed by atoms with Gasteiger partial charge in [-0.15, -0.1) is 0 Å². The molecule has 1 fully saturated rings. The summed E-state index contributed by atoms with van der Waals surface area (Å²) in [6, 6.07) is 3.34. The number of aromatic carboxylic acids is 1. The van der Waals surface area contributed by atoms with Crippen molar-refractivity contribution < 1.29 is 14.6 Å². The molecule has 1 aromatic heterocycles. The van der Waals surface area contributed by atoms with Crippen molar-refractivity contribution in [2.75, 3.05) is 25.1 Å². The first-order chi connectivity index (χ1) is 8.54. The second kappa shape index (κ2) is 4.94. The largest absolute Gasteiger partial charge is 0.478 e. The Balaban J connectivity index is 2.14. The highest BCUT2D eigenvalue weighted by molar-refractivity contribution is 5.87. The van der Waals surface area contributed by atoms with Gasteiger partial charge in [0.15, 0.2) is 0 Å². The van der Waals surface area contributed by atoms with E-state index in [9.17, 15) is 4.79 Å². The molecule has 98 valence electrons. The summed E-state index contributed by atoms with van der Waals surface area (Å²) < 4.78 is 5.53. The number of pyridine rings is 1. The zero-order chi connectivity index (χ0) is 13.2. The van der Waals surface area contributed by atoms with Crippen molar-refractivity contribution in [2.24, 2.45) is 0 Å². The fourth-order valence-electron chi connectivity index (χ4n) is 2.27. The van der Waals surface area contributed by atoms with Crippen LogP contribution in [-0.2, 0) is 4.74 Å². The maximum atomic E-state index is 10.8. The van der Waals surface area contributed by atoms with Crippen molar-refractivity contribution in [2.45, 2.75) is 25.4 Å². The van der Waals surface area contributed by atoms with Crippen LogP contribution in [0.25, 0.3) is 0 Å². The molecule has 18 heavy (non-hydrogen) atoms. The first kappa shape index (κ1) is 12.8. The van der Waals surface area contributed by atoms with E-state index in [0.717, 1.165) is 31.7 Å². The first-order valence-corrected chi connectivity index (χ1v) is 6.03. The molecule has 5 heteroatoms. The molecule has 0 bridgehead atoms. The van der Waals surface area contributed by atoms with Crippen LogP contribution in [0.5, 0.6) is 0 Å². The minimum Gasteiger partial charge on any atom is -0.478 e. The number of rotatable bonds is 3. The van der Waals surface area contributed by atoms with Crippen LogP contribution in [0.3, 0.4) is 0 Å². The van der Waals surface area contributed by atoms with Gasteiger partial charge in [-0.3, -0.25) is 0 Å². The monoisotopic (exact) mass is 250 g/mol. The van der Waals surface area contributed by atoms with E-state index in [1.54, 1.807) is 19.2 Å². The van der Waals surface area contributed by atoms with Gasteiger partial charge in [-0.05, 0) is 31.9 Å². The summed E-state index contributed by atoms with van der Waals surface area (Å²) in [7, 11) is 1.73.